The van der Waals surface area contributed by atoms with E-state index >= 15 is 0 Å². The van der Waals surface area contributed by atoms with Crippen molar-refractivity contribution >= 4 is 11.3 Å². The molecule has 0 aliphatic rings. The van der Waals surface area contributed by atoms with Crippen molar-refractivity contribution in [2.24, 2.45) is 0 Å². The van der Waals surface area contributed by atoms with E-state index in [2.05, 4.69) is 36.3 Å². The van der Waals surface area contributed by atoms with Crippen LogP contribution in [0.3, 0.4) is 0 Å². The second-order valence-electron chi connectivity index (χ2n) is 4.87. The number of ether oxygens (including phenoxy) is 1. The molecular weight excluding hydrogens is 268 g/mol. The molecule has 0 radical (unpaired) electrons. The first-order valence-corrected chi connectivity index (χ1v) is 7.88. The highest BCUT2D eigenvalue weighted by atomic mass is 32.1. The zero-order valence-electron chi connectivity index (χ0n) is 12.3. The molecule has 0 saturated carbocycles. The fraction of sp³-hybridized carbons (Fsp3) is 0.438. The van der Waals surface area contributed by atoms with Gasteiger partial charge in [0.25, 0.3) is 0 Å². The molecule has 1 atom stereocenters. The van der Waals surface area contributed by atoms with Crippen molar-refractivity contribution in [1.29, 1.82) is 0 Å². The predicted molar refractivity (Wildman–Crippen MR) is 84.6 cm³/mol. The summed E-state index contributed by atoms with van der Waals surface area (Å²) < 4.78 is 5.34. The van der Waals surface area contributed by atoms with Gasteiger partial charge in [0.05, 0.1) is 12.1 Å². The number of rotatable bonds is 7. The highest BCUT2D eigenvalue weighted by Gasteiger charge is 2.14. The zero-order chi connectivity index (χ0) is 14.4. The number of methoxy groups -OCH3 is 1. The van der Waals surface area contributed by atoms with Crippen LogP contribution in [0.15, 0.2) is 29.8 Å². The number of hydrogen-bond donors (Lipinski definition) is 1. The second-order valence-corrected chi connectivity index (χ2v) is 5.84. The van der Waals surface area contributed by atoms with Crippen LogP contribution >= 0.6 is 11.3 Å². The normalized spacial score (nSPS) is 12.3. The Bertz CT molecular complexity index is 525. The lowest BCUT2D eigenvalue weighted by Gasteiger charge is -2.19. The molecule has 0 fully saturated rings. The minimum atomic E-state index is 0.311. The van der Waals surface area contributed by atoms with Crippen LogP contribution in [0.25, 0.3) is 0 Å². The fourth-order valence-electron chi connectivity index (χ4n) is 2.27. The number of benzene rings is 1. The summed E-state index contributed by atoms with van der Waals surface area (Å²) in [5.74, 6) is 0.942. The average Bonchev–Trinajstić information content (AvgIpc) is 2.96. The molecule has 1 aromatic carbocycles. The Balaban J connectivity index is 2.18. The Morgan fingerprint density at radius 2 is 2.25 bits per heavy atom. The first kappa shape index (κ1) is 15.0. The van der Waals surface area contributed by atoms with Gasteiger partial charge in [0.15, 0.2) is 0 Å². The molecule has 1 heterocycles. The highest BCUT2D eigenvalue weighted by molar-refractivity contribution is 7.09. The van der Waals surface area contributed by atoms with Crippen molar-refractivity contribution in [3.8, 4) is 5.75 Å². The van der Waals surface area contributed by atoms with E-state index in [-0.39, 0.29) is 0 Å². The van der Waals surface area contributed by atoms with Crippen LogP contribution in [0.2, 0.25) is 0 Å². The average molecular weight is 290 g/mol. The second kappa shape index (κ2) is 7.41. The summed E-state index contributed by atoms with van der Waals surface area (Å²) in [6, 6.07) is 6.71. The van der Waals surface area contributed by atoms with Gasteiger partial charge in [0.2, 0.25) is 0 Å². The molecule has 0 amide bonds. The standard InChI is InChI=1S/C16H22N2OS/c1-4-7-17-14(11-16-18-8-9-20-16)13-5-6-15(19-3)12(2)10-13/h5-6,8-10,14,17H,4,7,11H2,1-3H3. The van der Waals surface area contributed by atoms with Gasteiger partial charge in [-0.2, -0.15) is 0 Å². The number of aromatic nitrogens is 1. The summed E-state index contributed by atoms with van der Waals surface area (Å²) in [5.41, 5.74) is 2.47. The Morgan fingerprint density at radius 1 is 1.40 bits per heavy atom. The van der Waals surface area contributed by atoms with Crippen molar-refractivity contribution in [2.75, 3.05) is 13.7 Å². The third kappa shape index (κ3) is 3.81. The first-order valence-electron chi connectivity index (χ1n) is 7.01. The van der Waals surface area contributed by atoms with Gasteiger partial charge in [0.1, 0.15) is 5.75 Å². The van der Waals surface area contributed by atoms with Gasteiger partial charge in [-0.1, -0.05) is 19.1 Å². The Morgan fingerprint density at radius 3 is 2.85 bits per heavy atom. The van der Waals surface area contributed by atoms with E-state index in [0.717, 1.165) is 25.1 Å². The van der Waals surface area contributed by atoms with Crippen LogP contribution in [-0.4, -0.2) is 18.6 Å². The fourth-order valence-corrected chi connectivity index (χ4v) is 2.94. The van der Waals surface area contributed by atoms with Crippen molar-refractivity contribution < 1.29 is 4.74 Å². The van der Waals surface area contributed by atoms with Crippen LogP contribution < -0.4 is 10.1 Å². The minimum Gasteiger partial charge on any atom is -0.496 e. The van der Waals surface area contributed by atoms with Crippen LogP contribution in [-0.2, 0) is 6.42 Å². The molecule has 20 heavy (non-hydrogen) atoms. The van der Waals surface area contributed by atoms with E-state index in [4.69, 9.17) is 4.74 Å². The van der Waals surface area contributed by atoms with Gasteiger partial charge >= 0.3 is 0 Å². The summed E-state index contributed by atoms with van der Waals surface area (Å²) in [4.78, 5) is 4.40. The lowest BCUT2D eigenvalue weighted by atomic mass is 10.0. The third-order valence-corrected chi connectivity index (χ3v) is 4.13. The van der Waals surface area contributed by atoms with Crippen LogP contribution in [0.4, 0.5) is 0 Å². The highest BCUT2D eigenvalue weighted by Crippen LogP contribution is 2.25. The van der Waals surface area contributed by atoms with Crippen molar-refractivity contribution in [3.05, 3.63) is 45.9 Å². The molecular formula is C16H22N2OS. The van der Waals surface area contributed by atoms with E-state index in [9.17, 15) is 0 Å². The molecule has 1 N–H and O–H groups in total. The molecule has 0 aliphatic carbocycles. The van der Waals surface area contributed by atoms with Crippen LogP contribution in [0, 0.1) is 6.92 Å². The maximum Gasteiger partial charge on any atom is 0.121 e. The summed E-state index contributed by atoms with van der Waals surface area (Å²) in [7, 11) is 1.71. The third-order valence-electron chi connectivity index (χ3n) is 3.32. The maximum absolute atomic E-state index is 5.34. The monoisotopic (exact) mass is 290 g/mol. The molecule has 0 aliphatic heterocycles. The molecule has 108 valence electrons. The van der Waals surface area contributed by atoms with E-state index in [1.165, 1.54) is 16.1 Å². The molecule has 2 rings (SSSR count). The lowest BCUT2D eigenvalue weighted by Crippen LogP contribution is -2.24. The maximum atomic E-state index is 5.34. The van der Waals surface area contributed by atoms with E-state index < -0.39 is 0 Å². The molecule has 1 aromatic heterocycles. The topological polar surface area (TPSA) is 34.2 Å². The van der Waals surface area contributed by atoms with Gasteiger partial charge in [-0.05, 0) is 37.1 Å². The summed E-state index contributed by atoms with van der Waals surface area (Å²) in [5, 5.41) is 6.82. The number of aryl methyl sites for hydroxylation is 1. The Kier molecular flexibility index (Phi) is 5.56. The number of thiazole rings is 1. The zero-order valence-corrected chi connectivity index (χ0v) is 13.2. The molecule has 0 spiro atoms. The molecule has 4 heteroatoms. The van der Waals surface area contributed by atoms with Crippen LogP contribution in [0.1, 0.15) is 35.5 Å². The van der Waals surface area contributed by atoms with Gasteiger partial charge in [-0.15, -0.1) is 11.3 Å². The molecule has 0 bridgehead atoms. The SMILES string of the molecule is CCCNC(Cc1nccs1)c1ccc(OC)c(C)c1. The molecule has 1 unspecified atom stereocenters. The molecule has 2 aromatic rings. The quantitative estimate of drug-likeness (QED) is 0.843. The van der Waals surface area contributed by atoms with Gasteiger partial charge < -0.3 is 10.1 Å². The van der Waals surface area contributed by atoms with E-state index in [0.29, 0.717) is 6.04 Å². The summed E-state index contributed by atoms with van der Waals surface area (Å²) >= 11 is 1.72. The Hall–Kier alpha value is -1.39. The predicted octanol–water partition coefficient (Wildman–Crippen LogP) is 3.74. The lowest BCUT2D eigenvalue weighted by molar-refractivity contribution is 0.411. The first-order chi connectivity index (χ1) is 9.74. The van der Waals surface area contributed by atoms with Gasteiger partial charge in [-0.25, -0.2) is 4.98 Å². The van der Waals surface area contributed by atoms with Crippen LogP contribution in [0.5, 0.6) is 5.75 Å². The largest absolute Gasteiger partial charge is 0.496 e. The number of hydrogen-bond acceptors (Lipinski definition) is 4. The summed E-state index contributed by atoms with van der Waals surface area (Å²) in [6.45, 7) is 5.29. The van der Waals surface area contributed by atoms with Crippen molar-refractivity contribution in [1.82, 2.24) is 10.3 Å². The number of nitrogens with one attached hydrogen (secondary N) is 1. The summed E-state index contributed by atoms with van der Waals surface area (Å²) in [6.07, 6.45) is 3.93. The van der Waals surface area contributed by atoms with Crippen molar-refractivity contribution in [3.63, 3.8) is 0 Å². The molecule has 0 saturated heterocycles. The minimum absolute atomic E-state index is 0.311. The van der Waals surface area contributed by atoms with Gasteiger partial charge in [-0.3, -0.25) is 0 Å². The van der Waals surface area contributed by atoms with E-state index in [1.54, 1.807) is 18.4 Å². The Labute approximate surface area is 125 Å². The van der Waals surface area contributed by atoms with Crippen molar-refractivity contribution in [2.45, 2.75) is 32.7 Å². The van der Waals surface area contributed by atoms with Gasteiger partial charge in [0, 0.05) is 24.0 Å². The van der Waals surface area contributed by atoms with E-state index in [1.807, 2.05) is 17.6 Å². The number of nitrogens with zero attached hydrogens (tertiary/aromatic N) is 1. The smallest absolute Gasteiger partial charge is 0.121 e. The molecule has 3 nitrogen and oxygen atoms in total.